The average molecular weight is 433 g/mol. The summed E-state index contributed by atoms with van der Waals surface area (Å²) in [5.41, 5.74) is 1.12. The second kappa shape index (κ2) is 10.4. The van der Waals surface area contributed by atoms with Crippen molar-refractivity contribution in [3.8, 4) is 11.5 Å². The average Bonchev–Trinajstić information content (AvgIpc) is 2.79. The van der Waals surface area contributed by atoms with Crippen LogP contribution in [0.15, 0.2) is 36.4 Å². The van der Waals surface area contributed by atoms with Crippen molar-refractivity contribution >= 4 is 11.7 Å². The van der Waals surface area contributed by atoms with Crippen LogP contribution < -0.4 is 14.8 Å². The summed E-state index contributed by atoms with van der Waals surface area (Å²) in [6.07, 6.45) is 2.68. The van der Waals surface area contributed by atoms with E-state index in [1.165, 1.54) is 6.07 Å². The highest BCUT2D eigenvalue weighted by molar-refractivity contribution is 5.89. The van der Waals surface area contributed by atoms with Crippen LogP contribution in [0.5, 0.6) is 11.5 Å². The maximum atomic E-state index is 13.8. The van der Waals surface area contributed by atoms with Crippen molar-refractivity contribution in [1.29, 1.82) is 0 Å². The molecule has 2 aromatic carbocycles. The van der Waals surface area contributed by atoms with E-state index in [1.807, 2.05) is 25.2 Å². The lowest BCUT2D eigenvalue weighted by atomic mass is 10.0. The van der Waals surface area contributed by atoms with Gasteiger partial charge >= 0.3 is 6.03 Å². The number of benzene rings is 2. The van der Waals surface area contributed by atoms with Crippen LogP contribution >= 0.6 is 0 Å². The molecule has 0 saturated carbocycles. The number of likely N-dealkylation sites (N-methyl/N-ethyl adjacent to an activating group) is 1. The van der Waals surface area contributed by atoms with Crippen molar-refractivity contribution in [3.05, 3.63) is 53.6 Å². The van der Waals surface area contributed by atoms with Gasteiger partial charge in [-0.05, 0) is 56.1 Å². The number of halogens is 2. The molecule has 0 spiro atoms. The normalized spacial score (nSPS) is 16.3. The molecule has 0 bridgehead atoms. The number of hydrogen-bond donors (Lipinski definition) is 1. The standard InChI is InChI=1S/C23H29F2N3O3/c1-27(12-10-16-6-9-21(30-2)22(13-16)31-3)18-5-4-11-28(15-18)23(29)26-20-8-7-17(24)14-19(20)25/h6-9,13-14,18H,4-5,10-12,15H2,1-3H3,(H,26,29)/t18-/m0/s1. The van der Waals surface area contributed by atoms with Crippen LogP contribution in [0.3, 0.4) is 0 Å². The fourth-order valence-corrected chi connectivity index (χ4v) is 3.81. The minimum Gasteiger partial charge on any atom is -0.493 e. The van der Waals surface area contributed by atoms with E-state index in [0.29, 0.717) is 24.6 Å². The first kappa shape index (κ1) is 22.8. The molecule has 1 atom stereocenters. The van der Waals surface area contributed by atoms with E-state index < -0.39 is 11.6 Å². The molecule has 0 unspecified atom stereocenters. The maximum Gasteiger partial charge on any atom is 0.321 e. The summed E-state index contributed by atoms with van der Waals surface area (Å²) in [6.45, 7) is 1.98. The molecule has 31 heavy (non-hydrogen) atoms. The zero-order chi connectivity index (χ0) is 22.4. The Labute approximate surface area is 181 Å². The van der Waals surface area contributed by atoms with Gasteiger partial charge in [-0.3, -0.25) is 0 Å². The molecule has 2 aromatic rings. The van der Waals surface area contributed by atoms with Crippen molar-refractivity contribution in [2.45, 2.75) is 25.3 Å². The predicted octanol–water partition coefficient (Wildman–Crippen LogP) is 4.15. The van der Waals surface area contributed by atoms with E-state index >= 15 is 0 Å². The fourth-order valence-electron chi connectivity index (χ4n) is 3.81. The molecule has 2 amide bonds. The van der Waals surface area contributed by atoms with Gasteiger partial charge in [-0.25, -0.2) is 13.6 Å². The number of anilines is 1. The van der Waals surface area contributed by atoms with E-state index in [-0.39, 0.29) is 17.8 Å². The molecule has 1 heterocycles. The highest BCUT2D eigenvalue weighted by Gasteiger charge is 2.26. The first-order chi connectivity index (χ1) is 14.9. The molecule has 3 rings (SSSR count). The highest BCUT2D eigenvalue weighted by atomic mass is 19.1. The molecule has 8 heteroatoms. The number of hydrogen-bond acceptors (Lipinski definition) is 4. The van der Waals surface area contributed by atoms with Crippen LogP contribution in [0, 0.1) is 11.6 Å². The zero-order valence-electron chi connectivity index (χ0n) is 18.2. The van der Waals surface area contributed by atoms with Crippen molar-refractivity contribution in [3.63, 3.8) is 0 Å². The van der Waals surface area contributed by atoms with Gasteiger partial charge in [-0.2, -0.15) is 0 Å². The minimum atomic E-state index is -0.783. The Bertz CT molecular complexity index is 910. The van der Waals surface area contributed by atoms with Gasteiger partial charge in [-0.1, -0.05) is 6.07 Å². The molecule has 168 valence electrons. The summed E-state index contributed by atoms with van der Waals surface area (Å²) in [5, 5.41) is 2.55. The molecular formula is C23H29F2N3O3. The first-order valence-electron chi connectivity index (χ1n) is 10.3. The Balaban J connectivity index is 1.55. The number of carbonyl (C=O) groups excluding carboxylic acids is 1. The van der Waals surface area contributed by atoms with Gasteiger partial charge in [0.25, 0.3) is 0 Å². The third-order valence-corrected chi connectivity index (χ3v) is 5.68. The van der Waals surface area contributed by atoms with E-state index in [9.17, 15) is 13.6 Å². The Morgan fingerprint density at radius 3 is 2.65 bits per heavy atom. The van der Waals surface area contributed by atoms with E-state index in [2.05, 4.69) is 10.2 Å². The minimum absolute atomic E-state index is 0.0182. The monoisotopic (exact) mass is 433 g/mol. The van der Waals surface area contributed by atoms with Crippen LogP contribution in [0.2, 0.25) is 0 Å². The van der Waals surface area contributed by atoms with Crippen LogP contribution in [-0.2, 0) is 6.42 Å². The van der Waals surface area contributed by atoms with Gasteiger partial charge in [0.15, 0.2) is 11.5 Å². The van der Waals surface area contributed by atoms with Gasteiger partial charge in [0.1, 0.15) is 11.6 Å². The zero-order valence-corrected chi connectivity index (χ0v) is 18.2. The fraction of sp³-hybridized carbons (Fsp3) is 0.435. The molecule has 1 aliphatic rings. The lowest BCUT2D eigenvalue weighted by molar-refractivity contribution is 0.133. The second-order valence-electron chi connectivity index (χ2n) is 7.72. The Kier molecular flexibility index (Phi) is 7.68. The summed E-state index contributed by atoms with van der Waals surface area (Å²) < 4.78 is 37.6. The predicted molar refractivity (Wildman–Crippen MR) is 116 cm³/mol. The number of nitrogens with zero attached hydrogens (tertiary/aromatic N) is 2. The lowest BCUT2D eigenvalue weighted by Gasteiger charge is -2.37. The maximum absolute atomic E-state index is 13.8. The van der Waals surface area contributed by atoms with E-state index in [4.69, 9.17) is 9.47 Å². The number of methoxy groups -OCH3 is 2. The Hall–Kier alpha value is -2.87. The third-order valence-electron chi connectivity index (χ3n) is 5.68. The highest BCUT2D eigenvalue weighted by Crippen LogP contribution is 2.28. The topological polar surface area (TPSA) is 54.0 Å². The molecule has 1 saturated heterocycles. The summed E-state index contributed by atoms with van der Waals surface area (Å²) in [5.74, 6) is -0.0547. The van der Waals surface area contributed by atoms with Gasteiger partial charge in [-0.15, -0.1) is 0 Å². The quantitative estimate of drug-likeness (QED) is 0.713. The summed E-state index contributed by atoms with van der Waals surface area (Å²) in [7, 11) is 5.28. The molecule has 1 aliphatic heterocycles. The molecular weight excluding hydrogens is 404 g/mol. The van der Waals surface area contributed by atoms with E-state index in [1.54, 1.807) is 19.1 Å². The molecule has 0 radical (unpaired) electrons. The summed E-state index contributed by atoms with van der Waals surface area (Å²) in [4.78, 5) is 16.5. The van der Waals surface area contributed by atoms with Crippen molar-refractivity contribution in [1.82, 2.24) is 9.80 Å². The molecule has 6 nitrogen and oxygen atoms in total. The first-order valence-corrected chi connectivity index (χ1v) is 10.3. The van der Waals surface area contributed by atoms with Gasteiger partial charge in [0, 0.05) is 31.7 Å². The number of amides is 2. The number of likely N-dealkylation sites (tertiary alicyclic amines) is 1. The van der Waals surface area contributed by atoms with Crippen LogP contribution in [0.1, 0.15) is 18.4 Å². The van der Waals surface area contributed by atoms with Crippen molar-refractivity contribution in [2.75, 3.05) is 46.2 Å². The number of piperidine rings is 1. The molecule has 1 N–H and O–H groups in total. The van der Waals surface area contributed by atoms with Gasteiger partial charge < -0.3 is 24.6 Å². The number of carbonyl (C=O) groups is 1. The van der Waals surface area contributed by atoms with Crippen LogP contribution in [0.4, 0.5) is 19.3 Å². The van der Waals surface area contributed by atoms with Crippen molar-refractivity contribution < 1.29 is 23.0 Å². The number of nitrogens with one attached hydrogen (secondary N) is 1. The Morgan fingerprint density at radius 2 is 1.94 bits per heavy atom. The smallest absolute Gasteiger partial charge is 0.321 e. The van der Waals surface area contributed by atoms with Gasteiger partial charge in [0.2, 0.25) is 0 Å². The van der Waals surface area contributed by atoms with Crippen molar-refractivity contribution in [2.24, 2.45) is 0 Å². The summed E-state index contributed by atoms with van der Waals surface area (Å²) >= 11 is 0. The lowest BCUT2D eigenvalue weighted by Crippen LogP contribution is -2.50. The van der Waals surface area contributed by atoms with Crippen LogP contribution in [-0.4, -0.2) is 62.8 Å². The van der Waals surface area contributed by atoms with E-state index in [0.717, 1.165) is 43.5 Å². The number of rotatable bonds is 7. The SMILES string of the molecule is COc1ccc(CCN(C)[C@H]2CCCN(C(=O)Nc3ccc(F)cc3F)C2)cc1OC. The Morgan fingerprint density at radius 1 is 1.16 bits per heavy atom. The number of urea groups is 1. The molecule has 0 aliphatic carbocycles. The third kappa shape index (κ3) is 5.85. The van der Waals surface area contributed by atoms with Crippen LogP contribution in [0.25, 0.3) is 0 Å². The van der Waals surface area contributed by atoms with Gasteiger partial charge in [0.05, 0.1) is 19.9 Å². The molecule has 1 fully saturated rings. The molecule has 0 aromatic heterocycles. The summed E-state index contributed by atoms with van der Waals surface area (Å²) in [6, 6.07) is 8.85. The number of ether oxygens (including phenoxy) is 2. The second-order valence-corrected chi connectivity index (χ2v) is 7.72. The largest absolute Gasteiger partial charge is 0.493 e.